The topological polar surface area (TPSA) is 0 Å². The quantitative estimate of drug-likeness (QED) is 0.168. The molecule has 0 bridgehead atoms. The van der Waals surface area contributed by atoms with E-state index in [1.54, 1.807) is 0 Å². The Bertz CT molecular complexity index is 3310. The van der Waals surface area contributed by atoms with Gasteiger partial charge in [0.05, 0.1) is 9.60 Å². The van der Waals surface area contributed by atoms with Gasteiger partial charge in [-0.25, -0.2) is 0 Å². The molecule has 0 saturated heterocycles. The van der Waals surface area contributed by atoms with E-state index < -0.39 is 0 Å². The summed E-state index contributed by atoms with van der Waals surface area (Å²) in [5.74, 6) is 0. The summed E-state index contributed by atoms with van der Waals surface area (Å²) in [7, 11) is 0. The molecule has 0 amide bonds. The van der Waals surface area contributed by atoms with Gasteiger partial charge in [0.15, 0.2) is 0 Å². The van der Waals surface area contributed by atoms with Gasteiger partial charge in [0, 0.05) is 0 Å². The predicted molar refractivity (Wildman–Crippen MR) is 216 cm³/mol. The van der Waals surface area contributed by atoms with Crippen LogP contribution in [0, 0.1) is 0 Å². The summed E-state index contributed by atoms with van der Waals surface area (Å²) in [4.78, 5) is 0. The summed E-state index contributed by atoms with van der Waals surface area (Å²) >= 11 is 0. The first-order chi connectivity index (χ1) is 27.7. The Hall–Kier alpha value is -6.50. The van der Waals surface area contributed by atoms with Gasteiger partial charge < -0.3 is 0 Å². The first-order valence-electron chi connectivity index (χ1n) is 20.3. The summed E-state index contributed by atoms with van der Waals surface area (Å²) < 4.78 is 66.1. The minimum atomic E-state index is -0.386. The molecule has 0 aliphatic rings. The first kappa shape index (κ1) is 22.2. The fourth-order valence-corrected chi connectivity index (χ4v) is 7.42. The summed E-state index contributed by atoms with van der Waals surface area (Å²) in [5, 5.41) is 7.26. The molecule has 0 heteroatoms. The van der Waals surface area contributed by atoms with Crippen LogP contribution in [0.4, 0.5) is 0 Å². The molecule has 10 rings (SSSR count). The van der Waals surface area contributed by atoms with E-state index in [1.807, 2.05) is 127 Å². The molecule has 0 N–H and O–H groups in total. The zero-order chi connectivity index (χ0) is 39.1. The van der Waals surface area contributed by atoms with E-state index in [-0.39, 0.29) is 58.6 Å². The summed E-state index contributed by atoms with van der Waals surface area (Å²) in [6, 6.07) is 48.3. The van der Waals surface area contributed by atoms with Crippen molar-refractivity contribution in [3.63, 3.8) is 0 Å². The second-order valence-corrected chi connectivity index (χ2v) is 12.7. The predicted octanol–water partition coefficient (Wildman–Crippen LogP) is 14.1. The van der Waals surface area contributed by atoms with Crippen LogP contribution < -0.4 is 0 Å². The SMILES string of the molecule is [2H]c1c([2H])c([2H])c2c(-c3ccc(-c4cccc5ccccc45)cc3)c3c([2H])c(-c4ccc5ccccc5c4)c([2H])c([2H])c3c(-c3ccc4ccccc4c3)c2c1[2H]. The number of fused-ring (bicyclic) bond motifs is 5. The molecule has 0 atom stereocenters. The average molecular weight is 640 g/mol. The van der Waals surface area contributed by atoms with Crippen molar-refractivity contribution in [3.05, 3.63) is 194 Å². The van der Waals surface area contributed by atoms with E-state index in [9.17, 15) is 6.85 Å². The number of hydrogen-bond donors (Lipinski definition) is 0. The smallest absolute Gasteiger partial charge is 0.0616 e. The third-order valence-corrected chi connectivity index (χ3v) is 9.85. The Morgan fingerprint density at radius 3 is 1.54 bits per heavy atom. The van der Waals surface area contributed by atoms with E-state index >= 15 is 0 Å². The zero-order valence-corrected chi connectivity index (χ0v) is 26.9. The van der Waals surface area contributed by atoms with Gasteiger partial charge in [-0.3, -0.25) is 0 Å². The highest BCUT2D eigenvalue weighted by Gasteiger charge is 2.18. The second-order valence-electron chi connectivity index (χ2n) is 12.7. The molecule has 0 nitrogen and oxygen atoms in total. The summed E-state index contributed by atoms with van der Waals surface area (Å²) in [6.45, 7) is 0. The van der Waals surface area contributed by atoms with Gasteiger partial charge >= 0.3 is 0 Å². The van der Waals surface area contributed by atoms with Crippen molar-refractivity contribution in [1.29, 1.82) is 0 Å². The third-order valence-electron chi connectivity index (χ3n) is 9.85. The highest BCUT2D eigenvalue weighted by molar-refractivity contribution is 6.22. The molecule has 232 valence electrons. The van der Waals surface area contributed by atoms with Gasteiger partial charge in [0.1, 0.15) is 0 Å². The van der Waals surface area contributed by atoms with Gasteiger partial charge in [-0.05, 0) is 117 Å². The Kier molecular flexibility index (Phi) is 5.14. The fraction of sp³-hybridized carbons (Fsp3) is 0. The number of hydrogen-bond acceptors (Lipinski definition) is 0. The van der Waals surface area contributed by atoms with E-state index in [0.717, 1.165) is 43.4 Å². The van der Waals surface area contributed by atoms with Crippen LogP contribution in [0.3, 0.4) is 0 Å². The minimum absolute atomic E-state index is 0.0192. The fourth-order valence-electron chi connectivity index (χ4n) is 7.42. The van der Waals surface area contributed by atoms with Gasteiger partial charge in [0.25, 0.3) is 0 Å². The summed E-state index contributed by atoms with van der Waals surface area (Å²) in [5.41, 5.74) is 5.05. The largest absolute Gasteiger partial charge is 0.0636 e. The highest BCUT2D eigenvalue weighted by Crippen LogP contribution is 2.46. The molecule has 10 aromatic carbocycles. The van der Waals surface area contributed by atoms with Crippen LogP contribution in [0.15, 0.2) is 194 Å². The first-order valence-corrected chi connectivity index (χ1v) is 16.8. The van der Waals surface area contributed by atoms with Crippen molar-refractivity contribution in [2.24, 2.45) is 0 Å². The molecule has 0 saturated carbocycles. The van der Waals surface area contributed by atoms with Crippen LogP contribution in [0.25, 0.3) is 98.4 Å². The molecule has 0 aliphatic carbocycles. The molecule has 0 heterocycles. The lowest BCUT2D eigenvalue weighted by Crippen LogP contribution is -1.92. The number of rotatable bonds is 4. The van der Waals surface area contributed by atoms with Crippen LogP contribution in [0.1, 0.15) is 9.60 Å². The van der Waals surface area contributed by atoms with E-state index in [1.165, 1.54) is 0 Å². The third kappa shape index (κ3) is 4.69. The minimum Gasteiger partial charge on any atom is -0.0616 e. The van der Waals surface area contributed by atoms with Crippen LogP contribution in [-0.4, -0.2) is 0 Å². The lowest BCUT2D eigenvalue weighted by molar-refractivity contribution is 1.63. The van der Waals surface area contributed by atoms with Crippen molar-refractivity contribution in [3.8, 4) is 44.5 Å². The molecule has 0 aromatic heterocycles. The lowest BCUT2D eigenvalue weighted by Gasteiger charge is -2.19. The molecule has 0 spiro atoms. The Balaban J connectivity index is 1.38. The molecular weight excluding hydrogens is 601 g/mol. The summed E-state index contributed by atoms with van der Waals surface area (Å²) in [6.07, 6.45) is 0. The maximum Gasteiger partial charge on any atom is 0.0636 e. The van der Waals surface area contributed by atoms with Gasteiger partial charge in [0.2, 0.25) is 0 Å². The standard InChI is InChI=1S/C50H32/c1-3-13-38-30-40(26-20-33(38)10-1)41-28-29-47-48(32-41)49(37-24-22-36(23-25-37)44-19-9-15-35-12-5-6-16-43(35)44)45-17-7-8-18-46(45)50(47)42-27-21-34-11-2-4-14-39(34)31-42/h1-32H/i7D,8D,17D,18D,28D,29D,32D. The Morgan fingerprint density at radius 1 is 0.300 bits per heavy atom. The second kappa shape index (κ2) is 11.6. The van der Waals surface area contributed by atoms with E-state index in [4.69, 9.17) is 2.74 Å². The monoisotopic (exact) mass is 639 g/mol. The normalized spacial score (nSPS) is 13.6. The molecule has 0 unspecified atom stereocenters. The zero-order valence-electron chi connectivity index (χ0n) is 33.9. The van der Waals surface area contributed by atoms with Crippen LogP contribution in [0.2, 0.25) is 0 Å². The van der Waals surface area contributed by atoms with E-state index in [0.29, 0.717) is 38.6 Å². The van der Waals surface area contributed by atoms with Crippen molar-refractivity contribution in [2.45, 2.75) is 0 Å². The Labute approximate surface area is 301 Å². The Morgan fingerprint density at radius 2 is 0.820 bits per heavy atom. The van der Waals surface area contributed by atoms with Crippen molar-refractivity contribution >= 4 is 53.9 Å². The van der Waals surface area contributed by atoms with E-state index in [2.05, 4.69) is 24.3 Å². The van der Waals surface area contributed by atoms with Gasteiger partial charge in [-0.2, -0.15) is 0 Å². The van der Waals surface area contributed by atoms with Crippen LogP contribution >= 0.6 is 0 Å². The molecule has 10 aromatic rings. The molecule has 50 heavy (non-hydrogen) atoms. The highest BCUT2D eigenvalue weighted by atomic mass is 14.2. The van der Waals surface area contributed by atoms with Gasteiger partial charge in [-0.15, -0.1) is 0 Å². The molecular formula is C50H32. The number of benzene rings is 10. The van der Waals surface area contributed by atoms with Crippen LogP contribution in [-0.2, 0) is 0 Å². The van der Waals surface area contributed by atoms with Crippen molar-refractivity contribution in [2.75, 3.05) is 0 Å². The molecule has 0 fully saturated rings. The maximum absolute atomic E-state index is 10.1. The maximum atomic E-state index is 10.1. The molecule has 0 aliphatic heterocycles. The van der Waals surface area contributed by atoms with Crippen molar-refractivity contribution < 1.29 is 9.60 Å². The average Bonchev–Trinajstić information content (AvgIpc) is 3.25. The van der Waals surface area contributed by atoms with Gasteiger partial charge in [-0.1, -0.05) is 176 Å². The molecule has 0 radical (unpaired) electrons. The van der Waals surface area contributed by atoms with Crippen LogP contribution in [0.5, 0.6) is 0 Å². The lowest BCUT2D eigenvalue weighted by atomic mass is 9.84. The van der Waals surface area contributed by atoms with Crippen molar-refractivity contribution in [1.82, 2.24) is 0 Å².